The first-order chi connectivity index (χ1) is 13.2. The Hall–Kier alpha value is -2.23. The minimum Gasteiger partial charge on any atom is -0.357 e. The number of anilines is 2. The molecule has 28 heavy (non-hydrogen) atoms. The van der Waals surface area contributed by atoms with Crippen molar-refractivity contribution in [3.05, 3.63) is 41.3 Å². The van der Waals surface area contributed by atoms with Crippen molar-refractivity contribution in [2.45, 2.75) is 43.0 Å². The van der Waals surface area contributed by atoms with Gasteiger partial charge >= 0.3 is 0 Å². The summed E-state index contributed by atoms with van der Waals surface area (Å²) >= 11 is 6.04. The second-order valence-corrected chi connectivity index (χ2v) is 8.71. The summed E-state index contributed by atoms with van der Waals surface area (Å²) < 4.78 is 22.6. The van der Waals surface area contributed by atoms with Gasteiger partial charge in [0.1, 0.15) is 11.5 Å². The van der Waals surface area contributed by atoms with E-state index in [9.17, 15) is 13.2 Å². The van der Waals surface area contributed by atoms with Gasteiger partial charge in [0.15, 0.2) is 0 Å². The normalized spacial score (nSPS) is 15.2. The number of carbonyl (C=O) groups is 1. The molecule has 3 rings (SSSR count). The molecule has 1 fully saturated rings. The monoisotopic (exact) mass is 423 g/mol. The van der Waals surface area contributed by atoms with E-state index in [0.29, 0.717) is 17.5 Å². The van der Waals surface area contributed by atoms with E-state index in [1.807, 2.05) is 11.9 Å². The summed E-state index contributed by atoms with van der Waals surface area (Å²) in [5.41, 5.74) is 0.544. The summed E-state index contributed by atoms with van der Waals surface area (Å²) in [6, 6.07) is 7.52. The minimum atomic E-state index is -3.79. The first kappa shape index (κ1) is 20.5. The van der Waals surface area contributed by atoms with Crippen LogP contribution in [0.1, 0.15) is 42.6 Å². The topological polar surface area (TPSA) is 118 Å². The Bertz CT molecular complexity index is 960. The van der Waals surface area contributed by atoms with Crippen LogP contribution in [0.4, 0.5) is 11.5 Å². The Balaban J connectivity index is 1.77. The van der Waals surface area contributed by atoms with Crippen LogP contribution in [0.3, 0.4) is 0 Å². The number of hydrogen-bond donors (Lipinski definition) is 2. The van der Waals surface area contributed by atoms with Gasteiger partial charge in [-0.1, -0.05) is 19.3 Å². The molecule has 1 aliphatic carbocycles. The van der Waals surface area contributed by atoms with Crippen molar-refractivity contribution in [1.29, 1.82) is 0 Å². The molecule has 1 aromatic carbocycles. The van der Waals surface area contributed by atoms with Crippen LogP contribution in [-0.2, 0) is 10.0 Å². The molecule has 1 aliphatic rings. The van der Waals surface area contributed by atoms with E-state index in [1.54, 1.807) is 6.07 Å². The minimum absolute atomic E-state index is 0.00474. The second kappa shape index (κ2) is 8.42. The summed E-state index contributed by atoms with van der Waals surface area (Å²) in [6.07, 6.45) is 5.75. The fraction of sp³-hybridized carbons (Fsp3) is 0.389. The molecule has 0 radical (unpaired) electrons. The molecular formula is C18H22ClN5O3S. The van der Waals surface area contributed by atoms with E-state index in [-0.39, 0.29) is 15.9 Å². The molecule has 0 atom stereocenters. The van der Waals surface area contributed by atoms with Crippen molar-refractivity contribution in [3.8, 4) is 0 Å². The van der Waals surface area contributed by atoms with Crippen LogP contribution in [0, 0.1) is 0 Å². The summed E-state index contributed by atoms with van der Waals surface area (Å²) in [5.74, 6) is 0.132. The van der Waals surface area contributed by atoms with Crippen LogP contribution in [0.2, 0.25) is 5.28 Å². The largest absolute Gasteiger partial charge is 0.357 e. The average Bonchev–Trinajstić information content (AvgIpc) is 2.67. The van der Waals surface area contributed by atoms with Gasteiger partial charge in [-0.05, 0) is 48.7 Å². The number of primary sulfonamides is 1. The van der Waals surface area contributed by atoms with Crippen molar-refractivity contribution in [3.63, 3.8) is 0 Å². The lowest BCUT2D eigenvalue weighted by Crippen LogP contribution is -2.34. The maximum atomic E-state index is 12.6. The fourth-order valence-corrected chi connectivity index (χ4v) is 3.97. The number of amides is 1. The molecule has 150 valence electrons. The van der Waals surface area contributed by atoms with Crippen LogP contribution in [0.15, 0.2) is 35.2 Å². The van der Waals surface area contributed by atoms with E-state index >= 15 is 0 Å². The maximum absolute atomic E-state index is 12.6. The number of nitrogens with one attached hydrogen (secondary N) is 1. The number of aromatic nitrogens is 2. The third-order valence-electron chi connectivity index (χ3n) is 4.84. The Morgan fingerprint density at radius 1 is 1.18 bits per heavy atom. The first-order valence-corrected chi connectivity index (χ1v) is 10.9. The molecule has 0 spiro atoms. The van der Waals surface area contributed by atoms with Gasteiger partial charge < -0.3 is 10.2 Å². The molecule has 0 aliphatic heterocycles. The predicted molar refractivity (Wildman–Crippen MR) is 108 cm³/mol. The Labute approximate surface area is 169 Å². The van der Waals surface area contributed by atoms with E-state index in [2.05, 4.69) is 15.3 Å². The maximum Gasteiger partial charge on any atom is 0.274 e. The zero-order valence-electron chi connectivity index (χ0n) is 15.4. The number of hydrogen-bond acceptors (Lipinski definition) is 6. The molecule has 8 nitrogen and oxygen atoms in total. The van der Waals surface area contributed by atoms with Gasteiger partial charge in [0.05, 0.1) is 4.90 Å². The zero-order valence-corrected chi connectivity index (χ0v) is 17.0. The summed E-state index contributed by atoms with van der Waals surface area (Å²) in [4.78, 5) is 22.9. The van der Waals surface area contributed by atoms with E-state index in [0.717, 1.165) is 12.8 Å². The van der Waals surface area contributed by atoms with E-state index in [1.165, 1.54) is 43.5 Å². The van der Waals surface area contributed by atoms with Crippen molar-refractivity contribution in [1.82, 2.24) is 9.97 Å². The lowest BCUT2D eigenvalue weighted by Gasteiger charge is -2.32. The molecule has 3 N–H and O–H groups in total. The van der Waals surface area contributed by atoms with Crippen molar-refractivity contribution >= 4 is 39.0 Å². The average molecular weight is 424 g/mol. The van der Waals surface area contributed by atoms with Crippen LogP contribution < -0.4 is 15.4 Å². The highest BCUT2D eigenvalue weighted by Crippen LogP contribution is 2.26. The molecule has 1 saturated carbocycles. The zero-order chi connectivity index (χ0) is 20.3. The van der Waals surface area contributed by atoms with Gasteiger partial charge in [-0.3, -0.25) is 4.79 Å². The number of rotatable bonds is 5. The van der Waals surface area contributed by atoms with Gasteiger partial charge in [0.25, 0.3) is 5.91 Å². The van der Waals surface area contributed by atoms with Gasteiger partial charge in [0.2, 0.25) is 15.3 Å². The van der Waals surface area contributed by atoms with Crippen molar-refractivity contribution in [2.24, 2.45) is 5.14 Å². The van der Waals surface area contributed by atoms with Crippen LogP contribution in [-0.4, -0.2) is 37.4 Å². The molecule has 0 bridgehead atoms. The lowest BCUT2D eigenvalue weighted by molar-refractivity contribution is 0.102. The predicted octanol–water partition coefficient (Wildman–Crippen LogP) is 2.80. The molecule has 10 heteroatoms. The van der Waals surface area contributed by atoms with Crippen LogP contribution >= 0.6 is 11.6 Å². The highest BCUT2D eigenvalue weighted by atomic mass is 35.5. The van der Waals surface area contributed by atoms with Crippen molar-refractivity contribution < 1.29 is 13.2 Å². The number of nitrogens with two attached hydrogens (primary N) is 1. The standard InChI is InChI=1S/C18H22ClN5O3S/c1-24(13-5-3-2-4-6-13)16-11-15(22-18(19)23-16)17(25)21-12-7-9-14(10-8-12)28(20,26)27/h7-11,13H,2-6H2,1H3,(H,21,25)(H2,20,26,27). The van der Waals surface area contributed by atoms with Crippen LogP contribution in [0.5, 0.6) is 0 Å². The smallest absolute Gasteiger partial charge is 0.274 e. The molecule has 1 aromatic heterocycles. The van der Waals surface area contributed by atoms with Crippen molar-refractivity contribution in [2.75, 3.05) is 17.3 Å². The third-order valence-corrected chi connectivity index (χ3v) is 5.94. The highest BCUT2D eigenvalue weighted by molar-refractivity contribution is 7.89. The summed E-state index contributed by atoms with van der Waals surface area (Å²) in [5, 5.41) is 7.73. The quantitative estimate of drug-likeness (QED) is 0.714. The summed E-state index contributed by atoms with van der Waals surface area (Å²) in [7, 11) is -1.84. The van der Waals surface area contributed by atoms with E-state index in [4.69, 9.17) is 16.7 Å². The SMILES string of the molecule is CN(c1cc(C(=O)Nc2ccc(S(N)(=O)=O)cc2)nc(Cl)n1)C1CCCCC1. The Kier molecular flexibility index (Phi) is 6.17. The number of halogens is 1. The first-order valence-electron chi connectivity index (χ1n) is 8.95. The second-order valence-electron chi connectivity index (χ2n) is 6.81. The Morgan fingerprint density at radius 3 is 2.43 bits per heavy atom. The highest BCUT2D eigenvalue weighted by Gasteiger charge is 2.21. The number of carbonyl (C=O) groups excluding carboxylic acids is 1. The lowest BCUT2D eigenvalue weighted by atomic mass is 9.94. The molecule has 1 amide bonds. The third kappa shape index (κ3) is 4.98. The fourth-order valence-electron chi connectivity index (χ4n) is 3.28. The van der Waals surface area contributed by atoms with Gasteiger partial charge in [-0.15, -0.1) is 0 Å². The van der Waals surface area contributed by atoms with E-state index < -0.39 is 15.9 Å². The van der Waals surface area contributed by atoms with Crippen LogP contribution in [0.25, 0.3) is 0 Å². The number of nitrogens with zero attached hydrogens (tertiary/aromatic N) is 3. The molecular weight excluding hydrogens is 402 g/mol. The molecule has 1 heterocycles. The molecule has 0 saturated heterocycles. The molecule has 0 unspecified atom stereocenters. The summed E-state index contributed by atoms with van der Waals surface area (Å²) in [6.45, 7) is 0. The Morgan fingerprint density at radius 2 is 1.82 bits per heavy atom. The van der Waals surface area contributed by atoms with Gasteiger partial charge in [-0.25, -0.2) is 23.5 Å². The number of benzene rings is 1. The number of sulfonamides is 1. The van der Waals surface area contributed by atoms with Gasteiger partial charge in [-0.2, -0.15) is 0 Å². The van der Waals surface area contributed by atoms with Gasteiger partial charge in [0, 0.05) is 24.8 Å². The molecule has 2 aromatic rings.